The molecule has 0 heterocycles. The maximum atomic E-state index is 12.1. The molecule has 0 fully saturated rings. The van der Waals surface area contributed by atoms with Gasteiger partial charge in [-0.3, -0.25) is 9.59 Å². The molecule has 2 amide bonds. The molecule has 1 aromatic rings. The third kappa shape index (κ3) is 4.15. The molecule has 3 N–H and O–H groups in total. The van der Waals surface area contributed by atoms with E-state index in [1.165, 1.54) is 25.2 Å². The second-order valence-corrected chi connectivity index (χ2v) is 5.03. The second kappa shape index (κ2) is 6.79. The third-order valence-corrected chi connectivity index (χ3v) is 2.67. The molecule has 0 saturated heterocycles. The molecule has 0 spiro atoms. The van der Waals surface area contributed by atoms with Crippen LogP contribution in [-0.4, -0.2) is 47.1 Å². The fourth-order valence-electron chi connectivity index (χ4n) is 1.60. The Bertz CT molecular complexity index is 480. The van der Waals surface area contributed by atoms with Crippen LogP contribution in [0.3, 0.4) is 0 Å². The van der Waals surface area contributed by atoms with Gasteiger partial charge in [0.1, 0.15) is 17.1 Å². The van der Waals surface area contributed by atoms with Gasteiger partial charge in [-0.05, 0) is 18.1 Å². The Morgan fingerprint density at radius 3 is 2.30 bits per heavy atom. The number of aromatic hydroxyl groups is 2. The van der Waals surface area contributed by atoms with Crippen LogP contribution < -0.4 is 5.32 Å². The zero-order chi connectivity index (χ0) is 15.3. The van der Waals surface area contributed by atoms with Crippen LogP contribution in [0, 0.1) is 5.92 Å². The Morgan fingerprint density at radius 1 is 1.25 bits per heavy atom. The van der Waals surface area contributed by atoms with Crippen molar-refractivity contribution in [1.82, 2.24) is 10.2 Å². The number of phenolic OH excluding ortho intramolecular Hbond substituents is 2. The Morgan fingerprint density at radius 2 is 1.80 bits per heavy atom. The maximum absolute atomic E-state index is 12.1. The predicted octanol–water partition coefficient (Wildman–Crippen LogP) is 0.942. The van der Waals surface area contributed by atoms with E-state index in [4.69, 9.17) is 0 Å². The first kappa shape index (κ1) is 15.8. The van der Waals surface area contributed by atoms with Crippen molar-refractivity contribution >= 4 is 11.8 Å². The molecule has 0 radical (unpaired) electrons. The number of hydrogen-bond acceptors (Lipinski definition) is 4. The molecule has 0 aromatic heterocycles. The van der Waals surface area contributed by atoms with Gasteiger partial charge in [0.15, 0.2) is 0 Å². The van der Waals surface area contributed by atoms with Crippen molar-refractivity contribution in [1.29, 1.82) is 0 Å². The van der Waals surface area contributed by atoms with Crippen LogP contribution in [0.2, 0.25) is 0 Å². The van der Waals surface area contributed by atoms with Crippen LogP contribution in [0.5, 0.6) is 11.5 Å². The first-order valence-electron chi connectivity index (χ1n) is 6.36. The van der Waals surface area contributed by atoms with E-state index in [1.54, 1.807) is 0 Å². The summed E-state index contributed by atoms with van der Waals surface area (Å²) in [6.07, 6.45) is 0. The smallest absolute Gasteiger partial charge is 0.261 e. The van der Waals surface area contributed by atoms with Crippen LogP contribution in [0.4, 0.5) is 0 Å². The van der Waals surface area contributed by atoms with Gasteiger partial charge in [0.05, 0.1) is 6.54 Å². The summed E-state index contributed by atoms with van der Waals surface area (Å²) in [6.45, 7) is 4.33. The lowest BCUT2D eigenvalue weighted by molar-refractivity contribution is -0.121. The lowest BCUT2D eigenvalue weighted by Crippen LogP contribution is -2.39. The van der Waals surface area contributed by atoms with E-state index in [1.807, 2.05) is 13.8 Å². The number of benzene rings is 1. The Labute approximate surface area is 118 Å². The van der Waals surface area contributed by atoms with Crippen molar-refractivity contribution in [2.24, 2.45) is 5.92 Å². The lowest BCUT2D eigenvalue weighted by atomic mass is 10.1. The molecule has 0 bridgehead atoms. The molecule has 6 nitrogen and oxygen atoms in total. The number of rotatable bonds is 5. The first-order chi connectivity index (χ1) is 9.32. The molecular formula is C14H20N2O4. The molecule has 6 heteroatoms. The lowest BCUT2D eigenvalue weighted by Gasteiger charge is -2.18. The summed E-state index contributed by atoms with van der Waals surface area (Å²) in [5, 5.41) is 21.9. The molecule has 0 atom stereocenters. The van der Waals surface area contributed by atoms with E-state index >= 15 is 0 Å². The standard InChI is InChI=1S/C14H20N2O4/c1-9(2)7-15-12(19)8-16(3)14(20)13-10(17)5-4-6-11(13)18/h4-6,9,17-18H,7-8H2,1-3H3,(H,15,19). The molecule has 0 aliphatic heterocycles. The number of nitrogens with one attached hydrogen (secondary N) is 1. The average molecular weight is 280 g/mol. The summed E-state index contributed by atoms with van der Waals surface area (Å²) >= 11 is 0. The molecule has 0 unspecified atom stereocenters. The van der Waals surface area contributed by atoms with Crippen molar-refractivity contribution in [2.75, 3.05) is 20.1 Å². The number of carbonyl (C=O) groups is 2. The Hall–Kier alpha value is -2.24. The third-order valence-electron chi connectivity index (χ3n) is 2.67. The van der Waals surface area contributed by atoms with Crippen molar-refractivity contribution in [3.05, 3.63) is 23.8 Å². The van der Waals surface area contributed by atoms with Crippen molar-refractivity contribution in [3.8, 4) is 11.5 Å². The van der Waals surface area contributed by atoms with E-state index < -0.39 is 5.91 Å². The fraction of sp³-hybridized carbons (Fsp3) is 0.429. The van der Waals surface area contributed by atoms with Crippen molar-refractivity contribution in [2.45, 2.75) is 13.8 Å². The monoisotopic (exact) mass is 280 g/mol. The van der Waals surface area contributed by atoms with Crippen LogP contribution in [-0.2, 0) is 4.79 Å². The van der Waals surface area contributed by atoms with E-state index in [-0.39, 0.29) is 29.5 Å². The number of carbonyl (C=O) groups excluding carboxylic acids is 2. The van der Waals surface area contributed by atoms with Gasteiger partial charge in [-0.1, -0.05) is 19.9 Å². The minimum Gasteiger partial charge on any atom is -0.507 e. The highest BCUT2D eigenvalue weighted by Crippen LogP contribution is 2.27. The molecule has 110 valence electrons. The molecular weight excluding hydrogens is 260 g/mol. The maximum Gasteiger partial charge on any atom is 0.261 e. The topological polar surface area (TPSA) is 89.9 Å². The van der Waals surface area contributed by atoms with Gasteiger partial charge < -0.3 is 20.4 Å². The van der Waals surface area contributed by atoms with Crippen LogP contribution in [0.25, 0.3) is 0 Å². The van der Waals surface area contributed by atoms with Crippen LogP contribution in [0.15, 0.2) is 18.2 Å². The summed E-state index contributed by atoms with van der Waals surface area (Å²) in [4.78, 5) is 24.9. The summed E-state index contributed by atoms with van der Waals surface area (Å²) in [5.41, 5.74) is -0.202. The average Bonchev–Trinajstić information content (AvgIpc) is 2.35. The predicted molar refractivity (Wildman–Crippen MR) is 74.6 cm³/mol. The quantitative estimate of drug-likeness (QED) is 0.749. The van der Waals surface area contributed by atoms with Gasteiger partial charge in [-0.2, -0.15) is 0 Å². The van der Waals surface area contributed by atoms with Crippen LogP contribution >= 0.6 is 0 Å². The molecule has 0 aliphatic carbocycles. The van der Waals surface area contributed by atoms with E-state index in [0.717, 1.165) is 4.90 Å². The zero-order valence-corrected chi connectivity index (χ0v) is 11.9. The molecule has 1 rings (SSSR count). The second-order valence-electron chi connectivity index (χ2n) is 5.03. The number of hydrogen-bond donors (Lipinski definition) is 3. The summed E-state index contributed by atoms with van der Waals surface area (Å²) in [5.74, 6) is -1.21. The molecule has 0 aliphatic rings. The highest BCUT2D eigenvalue weighted by Gasteiger charge is 2.21. The van der Waals surface area contributed by atoms with E-state index in [0.29, 0.717) is 12.5 Å². The van der Waals surface area contributed by atoms with Gasteiger partial charge in [0.25, 0.3) is 5.91 Å². The summed E-state index contributed by atoms with van der Waals surface area (Å²) < 4.78 is 0. The van der Waals surface area contributed by atoms with Gasteiger partial charge in [0, 0.05) is 13.6 Å². The number of phenols is 2. The molecule has 0 saturated carbocycles. The normalized spacial score (nSPS) is 10.4. The summed E-state index contributed by atoms with van der Waals surface area (Å²) in [7, 11) is 1.43. The largest absolute Gasteiger partial charge is 0.507 e. The Kier molecular flexibility index (Phi) is 5.37. The van der Waals surface area contributed by atoms with Gasteiger partial charge in [0.2, 0.25) is 5.91 Å². The van der Waals surface area contributed by atoms with Crippen molar-refractivity contribution in [3.63, 3.8) is 0 Å². The fourth-order valence-corrected chi connectivity index (χ4v) is 1.60. The number of likely N-dealkylation sites (N-methyl/N-ethyl adjacent to an activating group) is 1. The van der Waals surface area contributed by atoms with Crippen molar-refractivity contribution < 1.29 is 19.8 Å². The van der Waals surface area contributed by atoms with E-state index in [2.05, 4.69) is 5.32 Å². The number of amides is 2. The minimum absolute atomic E-state index is 0.140. The van der Waals surface area contributed by atoms with Gasteiger partial charge in [-0.25, -0.2) is 0 Å². The zero-order valence-electron chi connectivity index (χ0n) is 11.9. The van der Waals surface area contributed by atoms with Crippen LogP contribution in [0.1, 0.15) is 24.2 Å². The SMILES string of the molecule is CC(C)CNC(=O)CN(C)C(=O)c1c(O)cccc1O. The Balaban J connectivity index is 2.70. The summed E-state index contributed by atoms with van der Waals surface area (Å²) in [6, 6.07) is 4.04. The first-order valence-corrected chi connectivity index (χ1v) is 6.36. The van der Waals surface area contributed by atoms with Gasteiger partial charge >= 0.3 is 0 Å². The highest BCUT2D eigenvalue weighted by molar-refractivity contribution is 6.00. The number of nitrogens with zero attached hydrogens (tertiary/aromatic N) is 1. The highest BCUT2D eigenvalue weighted by atomic mass is 16.3. The van der Waals surface area contributed by atoms with E-state index in [9.17, 15) is 19.8 Å². The van der Waals surface area contributed by atoms with Gasteiger partial charge in [-0.15, -0.1) is 0 Å². The molecule has 1 aromatic carbocycles. The minimum atomic E-state index is -0.611. The molecule has 20 heavy (non-hydrogen) atoms.